The molecule has 0 unspecified atom stereocenters. The number of hydrogen-bond acceptors (Lipinski definition) is 6. The second-order valence-corrected chi connectivity index (χ2v) is 11.2. The monoisotopic (exact) mass is 551 g/mol. The fourth-order valence-electron chi connectivity index (χ4n) is 5.82. The molecule has 7 nitrogen and oxygen atoms in total. The lowest BCUT2D eigenvalue weighted by Crippen LogP contribution is -2.46. The fourth-order valence-corrected chi connectivity index (χ4v) is 5.82. The zero-order valence-electron chi connectivity index (χ0n) is 24.5. The lowest BCUT2D eigenvalue weighted by atomic mass is 9.93. The lowest BCUT2D eigenvalue weighted by molar-refractivity contribution is 0.815. The average Bonchev–Trinajstić information content (AvgIpc) is 3.34. The number of rotatable bonds is 4. The van der Waals surface area contributed by atoms with Gasteiger partial charge in [0.2, 0.25) is 0 Å². The van der Waals surface area contributed by atoms with Gasteiger partial charge in [-0.25, -0.2) is 14.7 Å². The molecule has 0 fully saturated rings. The molecular formula is C35H33N7. The van der Waals surface area contributed by atoms with Crippen molar-refractivity contribution in [2.24, 2.45) is 9.98 Å². The Bertz CT molecular complexity index is 1860. The Morgan fingerprint density at radius 2 is 1.52 bits per heavy atom. The standard InChI is InChI=1S/C35H33N7/c1-22-15-16-23(2)29(21-22)37-33-35-38-34-31(24(3)39-42(34)27-11-7-6-8-12-27)32(25-17-19-26(20-18-25)40(4)5)41(35)30-14-10-9-13-28(30)36-33/h6-21,32H,1-5H3,(H,36,37)/t32-/m0/s1. The van der Waals surface area contributed by atoms with Gasteiger partial charge in [-0.1, -0.05) is 54.6 Å². The van der Waals surface area contributed by atoms with Crippen molar-refractivity contribution < 1.29 is 0 Å². The molecule has 0 aliphatic carbocycles. The summed E-state index contributed by atoms with van der Waals surface area (Å²) in [6.07, 6.45) is 0. The molecule has 1 N–H and O–H groups in total. The Balaban J connectivity index is 1.49. The van der Waals surface area contributed by atoms with Crippen molar-refractivity contribution in [2.45, 2.75) is 26.8 Å². The van der Waals surface area contributed by atoms with E-state index in [1.54, 1.807) is 0 Å². The Kier molecular flexibility index (Phi) is 6.16. The molecule has 0 bridgehead atoms. The highest BCUT2D eigenvalue weighted by Gasteiger charge is 2.41. The van der Waals surface area contributed by atoms with Crippen LogP contribution in [0.2, 0.25) is 0 Å². The number of nitrogens with zero attached hydrogens (tertiary/aromatic N) is 6. The SMILES string of the molecule is Cc1ccc(C)c(NC2=Nc3ccccc3N3C2=Nc2c(c(C)nn2-c2ccccc2)[C@@H]3c2ccc(N(C)C)cc2)c1. The van der Waals surface area contributed by atoms with Gasteiger partial charge in [-0.3, -0.25) is 0 Å². The third kappa shape index (κ3) is 4.25. The molecule has 2 aliphatic rings. The molecule has 0 radical (unpaired) electrons. The van der Waals surface area contributed by atoms with Crippen molar-refractivity contribution in [2.75, 3.05) is 29.2 Å². The molecule has 3 heterocycles. The molecule has 0 saturated heterocycles. The first kappa shape index (κ1) is 25.8. The number of fused-ring (bicyclic) bond motifs is 4. The van der Waals surface area contributed by atoms with E-state index in [-0.39, 0.29) is 6.04 Å². The number of benzene rings is 4. The van der Waals surface area contributed by atoms with E-state index >= 15 is 0 Å². The van der Waals surface area contributed by atoms with E-state index in [1.807, 2.05) is 28.9 Å². The number of nitrogens with one attached hydrogen (secondary N) is 1. The van der Waals surface area contributed by atoms with Crippen LogP contribution in [0.1, 0.15) is 34.0 Å². The van der Waals surface area contributed by atoms with Crippen LogP contribution in [0.4, 0.5) is 28.6 Å². The van der Waals surface area contributed by atoms with Gasteiger partial charge in [0.1, 0.15) is 0 Å². The molecule has 0 saturated carbocycles. The summed E-state index contributed by atoms with van der Waals surface area (Å²) in [6, 6.07) is 33.6. The summed E-state index contributed by atoms with van der Waals surface area (Å²) in [4.78, 5) is 14.9. The minimum Gasteiger partial charge on any atom is -0.378 e. The number of anilines is 3. The maximum atomic E-state index is 5.36. The maximum Gasteiger partial charge on any atom is 0.179 e. The van der Waals surface area contributed by atoms with Crippen molar-refractivity contribution >= 4 is 40.2 Å². The van der Waals surface area contributed by atoms with Crippen molar-refractivity contribution in [1.82, 2.24) is 9.78 Å². The van der Waals surface area contributed by atoms with Gasteiger partial charge in [0.05, 0.1) is 28.8 Å². The van der Waals surface area contributed by atoms with Crippen LogP contribution in [-0.2, 0) is 0 Å². The van der Waals surface area contributed by atoms with Gasteiger partial charge in [0.25, 0.3) is 0 Å². The predicted octanol–water partition coefficient (Wildman–Crippen LogP) is 7.66. The average molecular weight is 552 g/mol. The second kappa shape index (κ2) is 10.0. The van der Waals surface area contributed by atoms with Gasteiger partial charge in [0.15, 0.2) is 17.5 Å². The molecule has 5 aromatic rings. The molecule has 208 valence electrons. The summed E-state index contributed by atoms with van der Waals surface area (Å²) in [6.45, 7) is 6.30. The third-order valence-electron chi connectivity index (χ3n) is 8.01. The van der Waals surface area contributed by atoms with Crippen LogP contribution in [0.3, 0.4) is 0 Å². The molecular weight excluding hydrogens is 518 g/mol. The quantitative estimate of drug-likeness (QED) is 0.249. The molecule has 0 amide bonds. The molecule has 7 heteroatoms. The number of aromatic nitrogens is 2. The lowest BCUT2D eigenvalue weighted by Gasteiger charge is -2.40. The van der Waals surface area contributed by atoms with Crippen LogP contribution < -0.4 is 15.1 Å². The van der Waals surface area contributed by atoms with E-state index in [1.165, 1.54) is 5.56 Å². The Labute approximate surface area is 246 Å². The summed E-state index contributed by atoms with van der Waals surface area (Å²) in [7, 11) is 4.13. The van der Waals surface area contributed by atoms with E-state index < -0.39 is 0 Å². The smallest absolute Gasteiger partial charge is 0.179 e. The largest absolute Gasteiger partial charge is 0.378 e. The summed E-state index contributed by atoms with van der Waals surface area (Å²) in [5.74, 6) is 2.30. The van der Waals surface area contributed by atoms with Crippen LogP contribution in [0.25, 0.3) is 5.69 Å². The van der Waals surface area contributed by atoms with E-state index in [0.717, 1.165) is 62.5 Å². The highest BCUT2D eigenvalue weighted by molar-refractivity contribution is 6.51. The van der Waals surface area contributed by atoms with Gasteiger partial charge in [-0.05, 0) is 79.9 Å². The van der Waals surface area contributed by atoms with E-state index in [0.29, 0.717) is 5.84 Å². The topological polar surface area (TPSA) is 61.1 Å². The van der Waals surface area contributed by atoms with Gasteiger partial charge in [-0.2, -0.15) is 5.10 Å². The van der Waals surface area contributed by atoms with Crippen LogP contribution >= 0.6 is 0 Å². The summed E-state index contributed by atoms with van der Waals surface area (Å²) < 4.78 is 1.96. The number of aryl methyl sites for hydroxylation is 3. The highest BCUT2D eigenvalue weighted by Crippen LogP contribution is 2.48. The summed E-state index contributed by atoms with van der Waals surface area (Å²) in [5, 5.41) is 8.71. The third-order valence-corrected chi connectivity index (χ3v) is 8.01. The summed E-state index contributed by atoms with van der Waals surface area (Å²) in [5.41, 5.74) is 10.6. The first-order chi connectivity index (χ1) is 20.4. The van der Waals surface area contributed by atoms with E-state index in [4.69, 9.17) is 15.1 Å². The van der Waals surface area contributed by atoms with Gasteiger partial charge < -0.3 is 15.1 Å². The molecule has 0 spiro atoms. The molecule has 1 atom stereocenters. The fraction of sp³-hybridized carbons (Fsp3) is 0.171. The van der Waals surface area contributed by atoms with Crippen molar-refractivity contribution in [3.8, 4) is 5.69 Å². The van der Waals surface area contributed by atoms with Crippen LogP contribution in [0.15, 0.2) is 107 Å². The first-order valence-electron chi connectivity index (χ1n) is 14.2. The van der Waals surface area contributed by atoms with Crippen molar-refractivity contribution in [3.05, 3.63) is 125 Å². The summed E-state index contributed by atoms with van der Waals surface area (Å²) >= 11 is 0. The molecule has 2 aliphatic heterocycles. The number of amidine groups is 2. The van der Waals surface area contributed by atoms with Crippen LogP contribution in [0, 0.1) is 20.8 Å². The Morgan fingerprint density at radius 3 is 2.29 bits per heavy atom. The first-order valence-corrected chi connectivity index (χ1v) is 14.2. The van der Waals surface area contributed by atoms with Gasteiger partial charge >= 0.3 is 0 Å². The number of aliphatic imine (C=N–C) groups is 2. The molecule has 7 rings (SSSR count). The second-order valence-electron chi connectivity index (χ2n) is 11.2. The van der Waals surface area contributed by atoms with Crippen molar-refractivity contribution in [1.29, 1.82) is 0 Å². The minimum atomic E-state index is -0.159. The molecule has 42 heavy (non-hydrogen) atoms. The number of hydrogen-bond donors (Lipinski definition) is 1. The molecule has 4 aromatic carbocycles. The zero-order valence-corrected chi connectivity index (χ0v) is 24.5. The highest BCUT2D eigenvalue weighted by atomic mass is 15.4. The van der Waals surface area contributed by atoms with E-state index in [2.05, 4.69) is 123 Å². The number of para-hydroxylation sites is 3. The van der Waals surface area contributed by atoms with Crippen LogP contribution in [-0.4, -0.2) is 35.5 Å². The van der Waals surface area contributed by atoms with Crippen molar-refractivity contribution in [3.63, 3.8) is 0 Å². The Hall–Kier alpha value is -5.17. The normalized spacial score (nSPS) is 15.3. The molecule has 1 aromatic heterocycles. The van der Waals surface area contributed by atoms with Crippen LogP contribution in [0.5, 0.6) is 0 Å². The predicted molar refractivity (Wildman–Crippen MR) is 174 cm³/mol. The van der Waals surface area contributed by atoms with E-state index in [9.17, 15) is 0 Å². The van der Waals surface area contributed by atoms with Gasteiger partial charge in [-0.15, -0.1) is 0 Å². The maximum absolute atomic E-state index is 5.36. The minimum absolute atomic E-state index is 0.159. The Morgan fingerprint density at radius 1 is 0.786 bits per heavy atom. The zero-order chi connectivity index (χ0) is 29.0. The van der Waals surface area contributed by atoms with Gasteiger partial charge in [0, 0.05) is 31.0 Å².